The summed E-state index contributed by atoms with van der Waals surface area (Å²) < 4.78 is -1.43. The molecule has 0 amide bonds. The third-order valence-electron chi connectivity index (χ3n) is 6.10. The monoisotopic (exact) mass is 895 g/mol. The van der Waals surface area contributed by atoms with Gasteiger partial charge in [0.2, 0.25) is 0 Å². The zero-order valence-electron chi connectivity index (χ0n) is 17.5. The van der Waals surface area contributed by atoms with E-state index in [1.807, 2.05) is 18.3 Å². The smallest absolute Gasteiger partial charge is 0.156 e. The summed E-state index contributed by atoms with van der Waals surface area (Å²) in [6, 6.07) is 14.5. The van der Waals surface area contributed by atoms with Crippen LogP contribution in [0.5, 0.6) is 0 Å². The summed E-state index contributed by atoms with van der Waals surface area (Å²) in [5.41, 5.74) is 5.03. The van der Waals surface area contributed by atoms with Crippen molar-refractivity contribution in [1.82, 2.24) is 15.0 Å². The van der Waals surface area contributed by atoms with Crippen molar-refractivity contribution >= 4 is 114 Å². The number of hydrogen-bond donors (Lipinski definition) is 2. The van der Waals surface area contributed by atoms with Crippen molar-refractivity contribution in [2.75, 3.05) is 0 Å². The minimum atomic E-state index is -0.564. The van der Waals surface area contributed by atoms with Crippen molar-refractivity contribution < 1.29 is 0 Å². The number of rotatable bonds is 1. The van der Waals surface area contributed by atoms with E-state index in [1.165, 1.54) is 0 Å². The van der Waals surface area contributed by atoms with Crippen molar-refractivity contribution in [3.8, 4) is 0 Å². The average Bonchev–Trinajstić information content (AvgIpc) is 3.63. The number of allylic oxidation sites excluding steroid dienone is 2. The van der Waals surface area contributed by atoms with Gasteiger partial charge in [-0.1, -0.05) is 51.2 Å². The fraction of sp³-hybridized carbons (Fsp3) is 0.160. The summed E-state index contributed by atoms with van der Waals surface area (Å²) in [6.45, 7) is 0. The first-order chi connectivity index (χ1) is 16.3. The van der Waals surface area contributed by atoms with E-state index in [-0.39, 0.29) is 3.92 Å². The first kappa shape index (κ1) is 23.6. The van der Waals surface area contributed by atoms with Crippen LogP contribution >= 0.6 is 90.4 Å². The van der Waals surface area contributed by atoms with Crippen LogP contribution < -0.4 is 10.7 Å². The molecule has 8 bridgehead atoms. The van der Waals surface area contributed by atoms with Crippen LogP contribution in [0.1, 0.15) is 17.1 Å². The van der Waals surface area contributed by atoms with Gasteiger partial charge in [0.25, 0.3) is 0 Å². The SMILES string of the molecule is IC1C2=NC(I)(C=C2)C(I)(c2ccccn2)c2ccc([nH]2)C=c2ccc([nH]2)=CC2=NC1(I)C=C2. The Labute approximate surface area is 251 Å². The molecule has 0 aromatic carbocycles. The quantitative estimate of drug-likeness (QED) is 0.199. The number of nitrogens with one attached hydrogen (secondary N) is 2. The van der Waals surface area contributed by atoms with E-state index in [9.17, 15) is 0 Å². The highest BCUT2D eigenvalue weighted by atomic mass is 127. The summed E-state index contributed by atoms with van der Waals surface area (Å²) in [5.74, 6) is 0. The van der Waals surface area contributed by atoms with E-state index in [0.29, 0.717) is 0 Å². The topological polar surface area (TPSA) is 69.2 Å². The number of aromatic nitrogens is 3. The molecule has 0 saturated carbocycles. The summed E-state index contributed by atoms with van der Waals surface area (Å²) in [5, 5.41) is 2.06. The molecule has 9 heteroatoms. The molecule has 3 aliphatic rings. The lowest BCUT2D eigenvalue weighted by molar-refractivity contribution is 0.626. The number of H-pyrrole nitrogens is 2. The Bertz CT molecular complexity index is 1530. The number of halogens is 4. The van der Waals surface area contributed by atoms with Crippen LogP contribution in [0.4, 0.5) is 0 Å². The molecule has 0 spiro atoms. The Morgan fingerprint density at radius 1 is 0.824 bits per heavy atom. The van der Waals surface area contributed by atoms with Crippen LogP contribution in [0.25, 0.3) is 12.2 Å². The van der Waals surface area contributed by atoms with E-state index in [2.05, 4.69) is 167 Å². The summed E-state index contributed by atoms with van der Waals surface area (Å²) in [4.78, 5) is 22.4. The Kier molecular flexibility index (Phi) is 5.99. The zero-order chi connectivity index (χ0) is 23.6. The lowest BCUT2D eigenvalue weighted by Gasteiger charge is -2.37. The molecule has 34 heavy (non-hydrogen) atoms. The molecule has 0 aliphatic carbocycles. The fourth-order valence-electron chi connectivity index (χ4n) is 4.39. The highest BCUT2D eigenvalue weighted by Crippen LogP contribution is 2.55. The predicted molar refractivity (Wildman–Crippen MR) is 172 cm³/mol. The molecule has 6 heterocycles. The second kappa shape index (κ2) is 8.64. The molecule has 3 aliphatic heterocycles. The molecule has 3 aromatic rings. The number of aliphatic imine (C=N–C) groups is 2. The molecular formula is C25H17I4N5. The van der Waals surface area contributed by atoms with Crippen LogP contribution in [0.3, 0.4) is 0 Å². The third kappa shape index (κ3) is 3.83. The van der Waals surface area contributed by atoms with Gasteiger partial charge < -0.3 is 9.97 Å². The van der Waals surface area contributed by atoms with E-state index < -0.39 is 10.5 Å². The van der Waals surface area contributed by atoms with Gasteiger partial charge in [0, 0.05) is 28.3 Å². The number of nitrogens with zero attached hydrogens (tertiary/aromatic N) is 3. The summed E-state index contributed by atoms with van der Waals surface area (Å²) >= 11 is 9.96. The average molecular weight is 895 g/mol. The summed E-state index contributed by atoms with van der Waals surface area (Å²) in [7, 11) is 0. The Balaban J connectivity index is 1.62. The lowest BCUT2D eigenvalue weighted by Crippen LogP contribution is -2.41. The Morgan fingerprint density at radius 3 is 2.44 bits per heavy atom. The molecular weight excluding hydrogens is 878 g/mol. The van der Waals surface area contributed by atoms with E-state index >= 15 is 0 Å². The van der Waals surface area contributed by atoms with Crippen molar-refractivity contribution in [3.05, 3.63) is 101 Å². The Morgan fingerprint density at radius 2 is 1.65 bits per heavy atom. The molecule has 2 N–H and O–H groups in total. The third-order valence-corrected chi connectivity index (χ3v) is 14.5. The van der Waals surface area contributed by atoms with Gasteiger partial charge in [-0.05, 0) is 118 Å². The van der Waals surface area contributed by atoms with Gasteiger partial charge in [-0.3, -0.25) is 15.0 Å². The van der Waals surface area contributed by atoms with E-state index in [4.69, 9.17) is 15.0 Å². The molecule has 0 fully saturated rings. The van der Waals surface area contributed by atoms with Gasteiger partial charge in [-0.2, -0.15) is 0 Å². The fourth-order valence-corrected chi connectivity index (χ4v) is 7.82. The number of fused-ring (bicyclic) bond motifs is 6. The second-order valence-electron chi connectivity index (χ2n) is 8.36. The molecule has 0 saturated heterocycles. The number of pyridine rings is 1. The normalized spacial score (nSPS) is 31.6. The van der Waals surface area contributed by atoms with Gasteiger partial charge in [0.05, 0.1) is 21.0 Å². The number of aromatic amines is 2. The molecule has 0 radical (unpaired) electrons. The molecule has 3 aromatic heterocycles. The minimum Gasteiger partial charge on any atom is -0.357 e. The van der Waals surface area contributed by atoms with Crippen LogP contribution in [-0.2, 0) is 3.42 Å². The van der Waals surface area contributed by atoms with Crippen LogP contribution in [-0.4, -0.2) is 37.4 Å². The van der Waals surface area contributed by atoms with Crippen molar-refractivity contribution in [2.24, 2.45) is 9.98 Å². The largest absolute Gasteiger partial charge is 0.357 e. The Hall–Kier alpha value is -0.810. The van der Waals surface area contributed by atoms with E-state index in [0.717, 1.165) is 39.2 Å². The van der Waals surface area contributed by atoms with Crippen LogP contribution in [0, 0.1) is 0 Å². The van der Waals surface area contributed by atoms with E-state index in [1.54, 1.807) is 0 Å². The van der Waals surface area contributed by atoms with Gasteiger partial charge in [0.15, 0.2) is 3.55 Å². The standard InChI is InChI=1S/C25H17I4N5/c26-22-19-9-11-24(28,34-19)25(29,20-3-1-2-12-30-20)21-7-6-17(32-21)13-15-4-5-16(31-15)14-18-8-10-23(22,27)33-18/h1-14,22,31-32H. The molecule has 170 valence electrons. The number of alkyl halides is 4. The zero-order valence-corrected chi connectivity index (χ0v) is 26.1. The first-order valence-corrected chi connectivity index (χ1v) is 15.1. The van der Waals surface area contributed by atoms with Gasteiger partial charge >= 0.3 is 0 Å². The highest BCUT2D eigenvalue weighted by Gasteiger charge is 2.54. The number of hydrogen-bond acceptors (Lipinski definition) is 3. The predicted octanol–water partition coefficient (Wildman–Crippen LogP) is 5.13. The molecule has 4 atom stereocenters. The maximum atomic E-state index is 5.35. The molecule has 4 unspecified atom stereocenters. The van der Waals surface area contributed by atoms with Gasteiger partial charge in [-0.25, -0.2) is 0 Å². The highest BCUT2D eigenvalue weighted by molar-refractivity contribution is 14.1. The molecule has 6 rings (SSSR count). The molecule has 5 nitrogen and oxygen atoms in total. The lowest BCUT2D eigenvalue weighted by atomic mass is 9.92. The summed E-state index contributed by atoms with van der Waals surface area (Å²) in [6.07, 6.45) is 14.7. The van der Waals surface area contributed by atoms with Crippen LogP contribution in [0.2, 0.25) is 0 Å². The van der Waals surface area contributed by atoms with Crippen molar-refractivity contribution in [1.29, 1.82) is 0 Å². The van der Waals surface area contributed by atoms with Gasteiger partial charge in [0.1, 0.15) is 6.97 Å². The van der Waals surface area contributed by atoms with Crippen molar-refractivity contribution in [2.45, 2.75) is 14.4 Å². The maximum Gasteiger partial charge on any atom is 0.156 e. The maximum absolute atomic E-state index is 5.35. The second-order valence-corrected chi connectivity index (χ2v) is 14.6. The van der Waals surface area contributed by atoms with Crippen LogP contribution in [0.15, 0.2) is 83.0 Å². The van der Waals surface area contributed by atoms with Crippen molar-refractivity contribution in [3.63, 3.8) is 0 Å². The first-order valence-electron chi connectivity index (χ1n) is 10.6. The van der Waals surface area contributed by atoms with Gasteiger partial charge in [-0.15, -0.1) is 0 Å². The minimum absolute atomic E-state index is 0.0739.